The summed E-state index contributed by atoms with van der Waals surface area (Å²) in [4.78, 5) is 4.82. The molecule has 4 bridgehead atoms. The molecule has 6 rings (SSSR count). The third kappa shape index (κ3) is 3.95. The van der Waals surface area contributed by atoms with Crippen LogP contribution in [0.2, 0.25) is 0 Å². The van der Waals surface area contributed by atoms with Gasteiger partial charge in [0.1, 0.15) is 23.2 Å². The molecular formula is C27H34N4OS. The second-order valence-corrected chi connectivity index (χ2v) is 11.6. The third-order valence-electron chi connectivity index (χ3n) is 8.05. The van der Waals surface area contributed by atoms with Crippen LogP contribution < -0.4 is 10.1 Å². The summed E-state index contributed by atoms with van der Waals surface area (Å²) in [6.07, 6.45) is 7.75. The van der Waals surface area contributed by atoms with Crippen LogP contribution in [0.25, 0.3) is 0 Å². The fourth-order valence-electron chi connectivity index (χ4n) is 6.91. The van der Waals surface area contributed by atoms with E-state index >= 15 is 0 Å². The second kappa shape index (κ2) is 8.43. The van der Waals surface area contributed by atoms with Gasteiger partial charge in [-0.15, -0.1) is 0 Å². The van der Waals surface area contributed by atoms with Crippen LogP contribution in [0.4, 0.5) is 5.69 Å². The van der Waals surface area contributed by atoms with E-state index < -0.39 is 0 Å². The number of hydrogen-bond acceptors (Lipinski definition) is 5. The molecule has 33 heavy (non-hydrogen) atoms. The van der Waals surface area contributed by atoms with Crippen molar-refractivity contribution in [2.75, 3.05) is 7.05 Å². The van der Waals surface area contributed by atoms with Crippen LogP contribution in [0.3, 0.4) is 0 Å². The van der Waals surface area contributed by atoms with Crippen molar-refractivity contribution in [3.63, 3.8) is 0 Å². The Labute approximate surface area is 201 Å². The summed E-state index contributed by atoms with van der Waals surface area (Å²) in [5.41, 5.74) is 4.79. The van der Waals surface area contributed by atoms with Gasteiger partial charge in [-0.25, -0.2) is 4.99 Å². The van der Waals surface area contributed by atoms with E-state index in [9.17, 15) is 5.26 Å². The van der Waals surface area contributed by atoms with Crippen LogP contribution in [-0.4, -0.2) is 17.3 Å². The maximum Gasteiger partial charge on any atom is 0.218 e. The number of nitrogens with one attached hydrogen (secondary N) is 1. The maximum absolute atomic E-state index is 10.1. The normalized spacial score (nSPS) is 28.3. The molecule has 6 heteroatoms. The summed E-state index contributed by atoms with van der Waals surface area (Å²) < 4.78 is 11.2. The van der Waals surface area contributed by atoms with Crippen LogP contribution in [0, 0.1) is 48.9 Å². The Balaban J connectivity index is 1.45. The van der Waals surface area contributed by atoms with Crippen LogP contribution in [0.15, 0.2) is 17.1 Å². The molecule has 1 aromatic heterocycles. The van der Waals surface area contributed by atoms with Gasteiger partial charge < -0.3 is 10.1 Å². The van der Waals surface area contributed by atoms with Crippen molar-refractivity contribution in [1.29, 1.82) is 5.26 Å². The Morgan fingerprint density at radius 3 is 2.33 bits per heavy atom. The molecule has 0 amide bonds. The molecule has 4 aliphatic rings. The quantitative estimate of drug-likeness (QED) is 0.392. The highest BCUT2D eigenvalue weighted by molar-refractivity contribution is 7.08. The Kier molecular flexibility index (Phi) is 5.73. The average Bonchev–Trinajstić information content (AvgIpc) is 3.17. The highest BCUT2D eigenvalue weighted by Crippen LogP contribution is 2.61. The first-order chi connectivity index (χ1) is 15.8. The molecule has 5 nitrogen and oxygen atoms in total. The number of benzene rings is 1. The number of hydrogen-bond donors (Lipinski definition) is 1. The molecule has 0 aliphatic heterocycles. The van der Waals surface area contributed by atoms with Crippen molar-refractivity contribution >= 4 is 23.1 Å². The lowest BCUT2D eigenvalue weighted by Crippen LogP contribution is -2.49. The number of aromatic nitrogens is 1. The zero-order valence-corrected chi connectivity index (χ0v) is 21.2. The van der Waals surface area contributed by atoms with E-state index in [0.29, 0.717) is 16.5 Å². The predicted molar refractivity (Wildman–Crippen MR) is 134 cm³/mol. The second-order valence-electron chi connectivity index (χ2n) is 10.9. The van der Waals surface area contributed by atoms with Gasteiger partial charge >= 0.3 is 0 Å². The molecule has 4 fully saturated rings. The number of rotatable bonds is 5. The molecule has 1 N–H and O–H groups in total. The molecule has 1 aromatic carbocycles. The van der Waals surface area contributed by atoms with Crippen LogP contribution in [-0.2, 0) is 5.41 Å². The Morgan fingerprint density at radius 1 is 1.15 bits per heavy atom. The summed E-state index contributed by atoms with van der Waals surface area (Å²) in [7, 11) is 1.91. The molecule has 0 atom stereocenters. The first-order valence-electron chi connectivity index (χ1n) is 12.3. The smallest absolute Gasteiger partial charge is 0.218 e. The van der Waals surface area contributed by atoms with Crippen molar-refractivity contribution < 1.29 is 4.74 Å². The molecule has 1 heterocycles. The Morgan fingerprint density at radius 2 is 1.79 bits per heavy atom. The first-order valence-corrected chi connectivity index (χ1v) is 13.0. The standard InChI is InChI=1S/C27H34N4OS/c1-15(2)25(29-5)30-22-6-17(4)23(7-16(22)3)32-26-21(14-28)24(31-33-26)27-11-18-8-19(12-27)10-20(9-18)13-27/h6-7,15,18-20H,8-13H2,1-5H3,(H,29,30). The Hall–Kier alpha value is -2.39. The van der Waals surface area contributed by atoms with Gasteiger partial charge in [0, 0.05) is 29.9 Å². The summed E-state index contributed by atoms with van der Waals surface area (Å²) >= 11 is 1.35. The molecule has 0 saturated heterocycles. The van der Waals surface area contributed by atoms with Crippen LogP contribution in [0.5, 0.6) is 10.8 Å². The Bertz CT molecular complexity index is 1100. The van der Waals surface area contributed by atoms with Crippen molar-refractivity contribution in [3.05, 3.63) is 34.5 Å². The lowest BCUT2D eigenvalue weighted by molar-refractivity contribution is -0.00693. The van der Waals surface area contributed by atoms with Crippen molar-refractivity contribution in [1.82, 2.24) is 9.69 Å². The third-order valence-corrected chi connectivity index (χ3v) is 8.78. The minimum atomic E-state index is 0.0991. The number of amidine groups is 1. The summed E-state index contributed by atoms with van der Waals surface area (Å²) in [5.74, 6) is 4.52. The van der Waals surface area contributed by atoms with Crippen molar-refractivity contribution in [2.24, 2.45) is 28.7 Å². The van der Waals surface area contributed by atoms with Gasteiger partial charge in [0.15, 0.2) is 0 Å². The zero-order chi connectivity index (χ0) is 23.3. The van der Waals surface area contributed by atoms with Gasteiger partial charge in [0.2, 0.25) is 5.06 Å². The topological polar surface area (TPSA) is 70.3 Å². The molecule has 0 spiro atoms. The molecule has 4 saturated carbocycles. The lowest BCUT2D eigenvalue weighted by atomic mass is 9.48. The molecule has 2 aromatic rings. The molecule has 174 valence electrons. The molecule has 0 unspecified atom stereocenters. The van der Waals surface area contributed by atoms with Gasteiger partial charge in [-0.1, -0.05) is 13.8 Å². The minimum absolute atomic E-state index is 0.0991. The van der Waals surface area contributed by atoms with Gasteiger partial charge in [-0.3, -0.25) is 0 Å². The average molecular weight is 463 g/mol. The van der Waals surface area contributed by atoms with E-state index in [2.05, 4.69) is 38.2 Å². The highest BCUT2D eigenvalue weighted by Gasteiger charge is 2.53. The van der Waals surface area contributed by atoms with Crippen LogP contribution in [0.1, 0.15) is 74.8 Å². The predicted octanol–water partition coefficient (Wildman–Crippen LogP) is 6.80. The molecule has 0 radical (unpaired) electrons. The van der Waals surface area contributed by atoms with E-state index in [0.717, 1.165) is 51.8 Å². The van der Waals surface area contributed by atoms with Crippen molar-refractivity contribution in [3.8, 4) is 16.9 Å². The number of nitrogens with zero attached hydrogens (tertiary/aromatic N) is 3. The van der Waals surface area contributed by atoms with Crippen LogP contribution >= 0.6 is 11.5 Å². The number of ether oxygens (including phenoxy) is 1. The van der Waals surface area contributed by atoms with E-state index in [1.807, 2.05) is 20.0 Å². The number of aliphatic imine (C=N–C) groups is 1. The SMILES string of the molecule is CNC(=Nc1cc(C)c(Oc2snc(C34CC5CC(CC(C5)C3)C4)c2C#N)cc1C)C(C)C. The van der Waals surface area contributed by atoms with Crippen molar-refractivity contribution in [2.45, 2.75) is 71.6 Å². The highest BCUT2D eigenvalue weighted by atomic mass is 32.1. The minimum Gasteiger partial charge on any atom is -0.443 e. The van der Waals surface area contributed by atoms with E-state index in [4.69, 9.17) is 14.1 Å². The zero-order valence-electron chi connectivity index (χ0n) is 20.4. The van der Waals surface area contributed by atoms with Gasteiger partial charge in [0.25, 0.3) is 0 Å². The largest absolute Gasteiger partial charge is 0.443 e. The lowest BCUT2D eigenvalue weighted by Gasteiger charge is -2.56. The molecular weight excluding hydrogens is 428 g/mol. The fraction of sp³-hybridized carbons (Fsp3) is 0.593. The monoisotopic (exact) mass is 462 g/mol. The summed E-state index contributed by atoms with van der Waals surface area (Å²) in [6, 6.07) is 6.58. The van der Waals surface area contributed by atoms with E-state index in [1.54, 1.807) is 0 Å². The van der Waals surface area contributed by atoms with E-state index in [-0.39, 0.29) is 5.41 Å². The van der Waals surface area contributed by atoms with Gasteiger partial charge in [0.05, 0.1) is 11.4 Å². The fourth-order valence-corrected chi connectivity index (χ4v) is 7.73. The molecule has 4 aliphatic carbocycles. The summed E-state index contributed by atoms with van der Waals surface area (Å²) in [6.45, 7) is 8.35. The maximum atomic E-state index is 10.1. The first kappa shape index (κ1) is 22.4. The van der Waals surface area contributed by atoms with Gasteiger partial charge in [-0.05, 0) is 93.4 Å². The summed E-state index contributed by atoms with van der Waals surface area (Å²) in [5, 5.41) is 14.0. The number of nitriles is 1. The van der Waals surface area contributed by atoms with E-state index in [1.165, 1.54) is 50.1 Å². The van der Waals surface area contributed by atoms with Gasteiger partial charge in [-0.2, -0.15) is 9.64 Å². The number of aryl methyl sites for hydroxylation is 2.